The molecule has 1 aromatic heterocycles. The molecule has 0 unspecified atom stereocenters. The van der Waals surface area contributed by atoms with E-state index in [0.29, 0.717) is 23.0 Å². The Bertz CT molecular complexity index is 903. The van der Waals surface area contributed by atoms with Gasteiger partial charge in [-0.25, -0.2) is 0 Å². The molecule has 0 aliphatic rings. The van der Waals surface area contributed by atoms with Crippen LogP contribution >= 0.6 is 0 Å². The Kier molecular flexibility index (Phi) is 5.31. The third-order valence-electron chi connectivity index (χ3n) is 3.64. The SMILES string of the molecule is Cc1cccc(-c2noc(CNC(=O)c3ccccc3OC(C)C)n2)c1. The highest BCUT2D eigenvalue weighted by molar-refractivity contribution is 5.96. The fraction of sp³-hybridized carbons (Fsp3) is 0.250. The summed E-state index contributed by atoms with van der Waals surface area (Å²) in [6.45, 7) is 5.98. The van der Waals surface area contributed by atoms with Crippen molar-refractivity contribution in [2.24, 2.45) is 0 Å². The second kappa shape index (κ2) is 7.82. The molecular weight excluding hydrogens is 330 g/mol. The number of para-hydroxylation sites is 1. The Labute approximate surface area is 152 Å². The Morgan fingerprint density at radius 1 is 1.19 bits per heavy atom. The van der Waals surface area contributed by atoms with Gasteiger partial charge in [0.15, 0.2) is 0 Å². The second-order valence-corrected chi connectivity index (χ2v) is 6.23. The number of carbonyl (C=O) groups excluding carboxylic acids is 1. The molecule has 3 rings (SSSR count). The van der Waals surface area contributed by atoms with E-state index in [1.165, 1.54) is 0 Å². The van der Waals surface area contributed by atoms with Gasteiger partial charge >= 0.3 is 0 Å². The molecule has 26 heavy (non-hydrogen) atoms. The number of ether oxygens (including phenoxy) is 1. The molecule has 0 aliphatic carbocycles. The summed E-state index contributed by atoms with van der Waals surface area (Å²) in [5.74, 6) is 1.14. The third kappa shape index (κ3) is 4.27. The number of aromatic nitrogens is 2. The number of amides is 1. The zero-order valence-electron chi connectivity index (χ0n) is 15.0. The molecule has 1 amide bonds. The summed E-state index contributed by atoms with van der Waals surface area (Å²) < 4.78 is 10.9. The van der Waals surface area contributed by atoms with E-state index in [1.807, 2.05) is 51.1 Å². The van der Waals surface area contributed by atoms with E-state index in [9.17, 15) is 4.79 Å². The van der Waals surface area contributed by atoms with Crippen LogP contribution in [0.1, 0.15) is 35.7 Å². The Balaban J connectivity index is 1.67. The summed E-state index contributed by atoms with van der Waals surface area (Å²) in [6.07, 6.45) is -0.0169. The molecule has 6 heteroatoms. The normalized spacial score (nSPS) is 10.8. The fourth-order valence-electron chi connectivity index (χ4n) is 2.49. The highest BCUT2D eigenvalue weighted by Gasteiger charge is 2.15. The molecule has 0 radical (unpaired) electrons. The van der Waals surface area contributed by atoms with Crippen molar-refractivity contribution in [1.29, 1.82) is 0 Å². The van der Waals surface area contributed by atoms with Gasteiger partial charge in [0.2, 0.25) is 11.7 Å². The van der Waals surface area contributed by atoms with Gasteiger partial charge in [-0.15, -0.1) is 0 Å². The molecule has 2 aromatic carbocycles. The van der Waals surface area contributed by atoms with Crippen molar-refractivity contribution in [1.82, 2.24) is 15.5 Å². The number of hydrogen-bond donors (Lipinski definition) is 1. The van der Waals surface area contributed by atoms with Gasteiger partial charge in [-0.1, -0.05) is 41.1 Å². The van der Waals surface area contributed by atoms with Crippen LogP contribution in [-0.4, -0.2) is 22.2 Å². The van der Waals surface area contributed by atoms with Crippen LogP contribution < -0.4 is 10.1 Å². The van der Waals surface area contributed by atoms with Gasteiger partial charge in [-0.3, -0.25) is 4.79 Å². The highest BCUT2D eigenvalue weighted by Crippen LogP contribution is 2.20. The second-order valence-electron chi connectivity index (χ2n) is 6.23. The predicted molar refractivity (Wildman–Crippen MR) is 97.8 cm³/mol. The van der Waals surface area contributed by atoms with Crippen molar-refractivity contribution in [3.05, 3.63) is 65.5 Å². The number of nitrogens with one attached hydrogen (secondary N) is 1. The highest BCUT2D eigenvalue weighted by atomic mass is 16.5. The van der Waals surface area contributed by atoms with Crippen molar-refractivity contribution < 1.29 is 14.1 Å². The van der Waals surface area contributed by atoms with Crippen LogP contribution in [0.25, 0.3) is 11.4 Å². The molecule has 0 fully saturated rings. The molecular formula is C20H21N3O3. The maximum atomic E-state index is 12.5. The standard InChI is InChI=1S/C20H21N3O3/c1-13(2)25-17-10-5-4-9-16(17)20(24)21-12-18-22-19(23-26-18)15-8-6-7-14(3)11-15/h4-11,13H,12H2,1-3H3,(H,21,24). The molecule has 6 nitrogen and oxygen atoms in total. The monoisotopic (exact) mass is 351 g/mol. The van der Waals surface area contributed by atoms with Crippen molar-refractivity contribution in [2.75, 3.05) is 0 Å². The lowest BCUT2D eigenvalue weighted by molar-refractivity contribution is 0.0940. The first kappa shape index (κ1) is 17.7. The van der Waals surface area contributed by atoms with Crippen LogP contribution in [0.15, 0.2) is 53.1 Å². The maximum absolute atomic E-state index is 12.5. The van der Waals surface area contributed by atoms with E-state index in [2.05, 4.69) is 15.5 Å². The summed E-state index contributed by atoms with van der Waals surface area (Å²) in [4.78, 5) is 16.8. The Morgan fingerprint density at radius 2 is 2.00 bits per heavy atom. The average molecular weight is 351 g/mol. The number of rotatable bonds is 6. The lowest BCUT2D eigenvalue weighted by Crippen LogP contribution is -2.24. The van der Waals surface area contributed by atoms with Gasteiger partial charge in [-0.05, 0) is 39.0 Å². The van der Waals surface area contributed by atoms with Gasteiger partial charge in [-0.2, -0.15) is 4.98 Å². The number of benzene rings is 2. The average Bonchev–Trinajstić information content (AvgIpc) is 3.09. The fourth-order valence-corrected chi connectivity index (χ4v) is 2.49. The van der Waals surface area contributed by atoms with E-state index < -0.39 is 0 Å². The smallest absolute Gasteiger partial charge is 0.255 e. The lowest BCUT2D eigenvalue weighted by atomic mass is 10.1. The number of carbonyl (C=O) groups is 1. The molecule has 0 spiro atoms. The Morgan fingerprint density at radius 3 is 2.77 bits per heavy atom. The number of nitrogens with zero attached hydrogens (tertiary/aromatic N) is 2. The summed E-state index contributed by atoms with van der Waals surface area (Å²) in [5, 5.41) is 6.76. The minimum Gasteiger partial charge on any atom is -0.490 e. The van der Waals surface area contributed by atoms with Crippen LogP contribution in [0.5, 0.6) is 5.75 Å². The van der Waals surface area contributed by atoms with Crippen LogP contribution in [0, 0.1) is 6.92 Å². The van der Waals surface area contributed by atoms with Crippen LogP contribution in [0.3, 0.4) is 0 Å². The summed E-state index contributed by atoms with van der Waals surface area (Å²) in [5.41, 5.74) is 2.46. The lowest BCUT2D eigenvalue weighted by Gasteiger charge is -2.13. The predicted octanol–water partition coefficient (Wildman–Crippen LogP) is 3.76. The molecule has 0 saturated carbocycles. The van der Waals surface area contributed by atoms with Crippen LogP contribution in [-0.2, 0) is 6.54 Å². The minimum absolute atomic E-state index is 0.0169. The third-order valence-corrected chi connectivity index (χ3v) is 3.64. The zero-order valence-corrected chi connectivity index (χ0v) is 15.0. The topological polar surface area (TPSA) is 77.2 Å². The van der Waals surface area contributed by atoms with Crippen molar-refractivity contribution in [2.45, 2.75) is 33.4 Å². The first-order valence-electron chi connectivity index (χ1n) is 8.46. The number of hydrogen-bond acceptors (Lipinski definition) is 5. The minimum atomic E-state index is -0.253. The van der Waals surface area contributed by atoms with E-state index >= 15 is 0 Å². The van der Waals surface area contributed by atoms with E-state index in [4.69, 9.17) is 9.26 Å². The summed E-state index contributed by atoms with van der Waals surface area (Å²) in [7, 11) is 0. The number of aryl methyl sites for hydroxylation is 1. The van der Waals surface area contributed by atoms with E-state index in [0.717, 1.165) is 11.1 Å². The molecule has 1 N–H and O–H groups in total. The van der Waals surface area contributed by atoms with Crippen molar-refractivity contribution in [3.8, 4) is 17.1 Å². The van der Waals surface area contributed by atoms with Crippen LogP contribution in [0.2, 0.25) is 0 Å². The molecule has 134 valence electrons. The van der Waals surface area contributed by atoms with E-state index in [1.54, 1.807) is 18.2 Å². The van der Waals surface area contributed by atoms with Gasteiger partial charge in [0.1, 0.15) is 5.75 Å². The molecule has 0 aliphatic heterocycles. The first-order chi connectivity index (χ1) is 12.5. The molecule has 0 saturated heterocycles. The van der Waals surface area contributed by atoms with Crippen LogP contribution in [0.4, 0.5) is 0 Å². The Hall–Kier alpha value is -3.15. The van der Waals surface area contributed by atoms with Gasteiger partial charge in [0.25, 0.3) is 5.91 Å². The zero-order chi connectivity index (χ0) is 18.5. The molecule has 0 bridgehead atoms. The van der Waals surface area contributed by atoms with Crippen molar-refractivity contribution in [3.63, 3.8) is 0 Å². The first-order valence-corrected chi connectivity index (χ1v) is 8.46. The summed E-state index contributed by atoms with van der Waals surface area (Å²) >= 11 is 0. The molecule has 0 atom stereocenters. The van der Waals surface area contributed by atoms with E-state index in [-0.39, 0.29) is 18.6 Å². The maximum Gasteiger partial charge on any atom is 0.255 e. The van der Waals surface area contributed by atoms with Gasteiger partial charge in [0, 0.05) is 5.56 Å². The van der Waals surface area contributed by atoms with Crippen molar-refractivity contribution >= 4 is 5.91 Å². The molecule has 3 aromatic rings. The summed E-state index contributed by atoms with van der Waals surface area (Å²) in [6, 6.07) is 15.0. The van der Waals surface area contributed by atoms with Gasteiger partial charge in [0.05, 0.1) is 18.2 Å². The largest absolute Gasteiger partial charge is 0.490 e. The van der Waals surface area contributed by atoms with Gasteiger partial charge < -0.3 is 14.6 Å². The quantitative estimate of drug-likeness (QED) is 0.731. The molecule has 1 heterocycles.